The Balaban J connectivity index is 2.17. The molecule has 2 rings (SSSR count). The van der Waals surface area contributed by atoms with Crippen LogP contribution in [0.25, 0.3) is 0 Å². The Labute approximate surface area is 74.4 Å². The molecule has 2 heterocycles. The van der Waals surface area contributed by atoms with Gasteiger partial charge in [0.15, 0.2) is 5.54 Å². The lowest BCUT2D eigenvalue weighted by Crippen LogP contribution is -2.72. The fourth-order valence-electron chi connectivity index (χ4n) is 1.86. The number of hydrogen-bond donors (Lipinski definition) is 1. The number of nitro groups is 1. The van der Waals surface area contributed by atoms with Crippen LogP contribution >= 0.6 is 0 Å². The topological polar surface area (TPSA) is 81.5 Å². The predicted octanol–water partition coefficient (Wildman–Crippen LogP) is -0.689. The first-order valence-corrected chi connectivity index (χ1v) is 4.16. The minimum atomic E-state index is -0.709. The van der Waals surface area contributed by atoms with Crippen molar-refractivity contribution >= 4 is 5.91 Å². The average molecular weight is 186 g/mol. The number of amides is 1. The molecule has 2 fully saturated rings. The van der Waals surface area contributed by atoms with Gasteiger partial charge in [0.1, 0.15) is 0 Å². The number of ether oxygens (including phenoxy) is 1. The molecular formula is C7H10N2O4. The van der Waals surface area contributed by atoms with E-state index in [4.69, 9.17) is 4.74 Å². The second-order valence-electron chi connectivity index (χ2n) is 3.54. The van der Waals surface area contributed by atoms with Crippen molar-refractivity contribution in [3.63, 3.8) is 0 Å². The molecule has 0 bridgehead atoms. The summed E-state index contributed by atoms with van der Waals surface area (Å²) in [5.41, 5.74) is -0.709. The lowest BCUT2D eigenvalue weighted by molar-refractivity contribution is -0.545. The molecule has 2 saturated heterocycles. The zero-order chi connectivity index (χ0) is 9.47. The quantitative estimate of drug-likeness (QED) is 0.434. The second-order valence-corrected chi connectivity index (χ2v) is 3.54. The summed E-state index contributed by atoms with van der Waals surface area (Å²) >= 11 is 0. The smallest absolute Gasteiger partial charge is 0.240 e. The third kappa shape index (κ3) is 1.17. The Morgan fingerprint density at radius 2 is 2.31 bits per heavy atom. The number of piperidine rings is 1. The van der Waals surface area contributed by atoms with Gasteiger partial charge in [-0.25, -0.2) is 0 Å². The third-order valence-electron chi connectivity index (χ3n) is 2.64. The van der Waals surface area contributed by atoms with E-state index in [1.807, 2.05) is 0 Å². The molecule has 0 saturated carbocycles. The maximum atomic E-state index is 11.1. The Kier molecular flexibility index (Phi) is 1.73. The van der Waals surface area contributed by atoms with Crippen molar-refractivity contribution in [3.8, 4) is 0 Å². The van der Waals surface area contributed by atoms with Gasteiger partial charge in [0, 0.05) is 17.8 Å². The summed E-state index contributed by atoms with van der Waals surface area (Å²) in [5.74, 6) is -0.110. The molecule has 0 aliphatic carbocycles. The van der Waals surface area contributed by atoms with Gasteiger partial charge in [-0.05, 0) is 0 Å². The van der Waals surface area contributed by atoms with Gasteiger partial charge in [-0.1, -0.05) is 0 Å². The van der Waals surface area contributed by atoms with E-state index >= 15 is 0 Å². The van der Waals surface area contributed by atoms with Crippen molar-refractivity contribution in [3.05, 3.63) is 10.1 Å². The molecule has 2 aliphatic rings. The fraction of sp³-hybridized carbons (Fsp3) is 0.857. The highest BCUT2D eigenvalue weighted by molar-refractivity contribution is 5.78. The third-order valence-corrected chi connectivity index (χ3v) is 2.64. The molecule has 1 amide bonds. The van der Waals surface area contributed by atoms with Gasteiger partial charge in [0.05, 0.1) is 13.2 Å². The Bertz CT molecular complexity index is 261. The molecule has 0 aromatic rings. The number of carbonyl (C=O) groups is 1. The van der Waals surface area contributed by atoms with Crippen molar-refractivity contribution in [1.29, 1.82) is 0 Å². The summed E-state index contributed by atoms with van der Waals surface area (Å²) in [6, 6.07) is -0.682. The van der Waals surface area contributed by atoms with Crippen LogP contribution in [0.5, 0.6) is 0 Å². The normalized spacial score (nSPS) is 30.8. The predicted molar refractivity (Wildman–Crippen MR) is 41.7 cm³/mol. The summed E-state index contributed by atoms with van der Waals surface area (Å²) in [4.78, 5) is 21.4. The molecule has 1 N–H and O–H groups in total. The molecule has 1 spiro atoms. The van der Waals surface area contributed by atoms with Crippen LogP contribution in [0.1, 0.15) is 12.8 Å². The van der Waals surface area contributed by atoms with Gasteiger partial charge in [0.25, 0.3) is 0 Å². The van der Waals surface area contributed by atoms with Crippen LogP contribution in [0.4, 0.5) is 0 Å². The second kappa shape index (κ2) is 2.66. The van der Waals surface area contributed by atoms with Crippen LogP contribution in [0.2, 0.25) is 0 Å². The van der Waals surface area contributed by atoms with Crippen molar-refractivity contribution in [2.75, 3.05) is 13.2 Å². The SMILES string of the molecule is O=C1CC[C@H]([N+](=O)[O-])C2(COC2)N1. The highest BCUT2D eigenvalue weighted by Crippen LogP contribution is 2.29. The number of rotatable bonds is 1. The molecule has 0 radical (unpaired) electrons. The van der Waals surface area contributed by atoms with Crippen LogP contribution in [0.15, 0.2) is 0 Å². The standard InChI is InChI=1S/C7H10N2O4/c10-6-2-1-5(9(11)12)7(8-6)3-13-4-7/h5H,1-4H2,(H,8,10)/t5-/m0/s1. The van der Waals surface area contributed by atoms with Crippen LogP contribution < -0.4 is 5.32 Å². The lowest BCUT2D eigenvalue weighted by atomic mass is 9.82. The van der Waals surface area contributed by atoms with E-state index in [9.17, 15) is 14.9 Å². The minimum absolute atomic E-state index is 0.110. The summed E-state index contributed by atoms with van der Waals surface area (Å²) in [6.07, 6.45) is 0.565. The van der Waals surface area contributed by atoms with Crippen molar-refractivity contribution < 1.29 is 14.5 Å². The van der Waals surface area contributed by atoms with E-state index in [1.54, 1.807) is 0 Å². The molecule has 0 unspecified atom stereocenters. The summed E-state index contributed by atoms with van der Waals surface area (Å²) in [6.45, 7) is 0.536. The van der Waals surface area contributed by atoms with Crippen molar-refractivity contribution in [1.82, 2.24) is 5.32 Å². The van der Waals surface area contributed by atoms with Gasteiger partial charge in [-0.2, -0.15) is 0 Å². The van der Waals surface area contributed by atoms with Crippen LogP contribution in [-0.4, -0.2) is 35.6 Å². The van der Waals surface area contributed by atoms with Crippen LogP contribution in [0, 0.1) is 10.1 Å². The molecule has 72 valence electrons. The monoisotopic (exact) mass is 186 g/mol. The molecule has 6 nitrogen and oxygen atoms in total. The lowest BCUT2D eigenvalue weighted by Gasteiger charge is -2.45. The first-order valence-electron chi connectivity index (χ1n) is 4.16. The van der Waals surface area contributed by atoms with Gasteiger partial charge in [-0.15, -0.1) is 0 Å². The fourth-order valence-corrected chi connectivity index (χ4v) is 1.86. The van der Waals surface area contributed by atoms with Crippen LogP contribution in [0.3, 0.4) is 0 Å². The van der Waals surface area contributed by atoms with Gasteiger partial charge in [-0.3, -0.25) is 14.9 Å². The first kappa shape index (κ1) is 8.43. The van der Waals surface area contributed by atoms with Crippen LogP contribution in [-0.2, 0) is 9.53 Å². The maximum absolute atomic E-state index is 11.1. The molecule has 13 heavy (non-hydrogen) atoms. The zero-order valence-electron chi connectivity index (χ0n) is 6.99. The average Bonchev–Trinajstić information content (AvgIpc) is 2.00. The van der Waals surface area contributed by atoms with E-state index in [0.717, 1.165) is 0 Å². The summed E-state index contributed by atoms with van der Waals surface area (Å²) in [5, 5.41) is 13.3. The summed E-state index contributed by atoms with van der Waals surface area (Å²) in [7, 11) is 0. The van der Waals surface area contributed by atoms with E-state index < -0.39 is 11.6 Å². The van der Waals surface area contributed by atoms with E-state index in [0.29, 0.717) is 6.42 Å². The molecule has 1 atom stereocenters. The van der Waals surface area contributed by atoms with Crippen molar-refractivity contribution in [2.24, 2.45) is 0 Å². The molecule has 0 aromatic heterocycles. The number of hydrogen-bond acceptors (Lipinski definition) is 4. The Hall–Kier alpha value is -1.17. The zero-order valence-corrected chi connectivity index (χ0v) is 6.99. The number of nitrogens with one attached hydrogen (secondary N) is 1. The van der Waals surface area contributed by atoms with E-state index in [1.165, 1.54) is 0 Å². The number of nitrogens with zero attached hydrogens (tertiary/aromatic N) is 1. The first-order chi connectivity index (χ1) is 6.14. The molecular weight excluding hydrogens is 176 g/mol. The maximum Gasteiger partial charge on any atom is 0.240 e. The van der Waals surface area contributed by atoms with Gasteiger partial charge >= 0.3 is 0 Å². The van der Waals surface area contributed by atoms with Gasteiger partial charge in [0.2, 0.25) is 11.9 Å². The van der Waals surface area contributed by atoms with E-state index in [2.05, 4.69) is 5.32 Å². The molecule has 0 aromatic carbocycles. The highest BCUT2D eigenvalue weighted by Gasteiger charge is 2.56. The van der Waals surface area contributed by atoms with Crippen molar-refractivity contribution in [2.45, 2.75) is 24.4 Å². The largest absolute Gasteiger partial charge is 0.376 e. The Morgan fingerprint density at radius 3 is 2.77 bits per heavy atom. The summed E-state index contributed by atoms with van der Waals surface area (Å²) < 4.78 is 4.93. The molecule has 2 aliphatic heterocycles. The Morgan fingerprint density at radius 1 is 1.62 bits per heavy atom. The minimum Gasteiger partial charge on any atom is -0.376 e. The van der Waals surface area contributed by atoms with E-state index in [-0.39, 0.29) is 30.5 Å². The number of carbonyl (C=O) groups excluding carboxylic acids is 1. The molecule has 6 heteroatoms. The van der Waals surface area contributed by atoms with Gasteiger partial charge < -0.3 is 10.1 Å². The highest BCUT2D eigenvalue weighted by atomic mass is 16.6.